The largest absolute Gasteiger partial charge is 0.480 e. The molecule has 21 heavy (non-hydrogen) atoms. The molecule has 2 atom stereocenters. The second kappa shape index (κ2) is 5.31. The van der Waals surface area contributed by atoms with E-state index in [-0.39, 0.29) is 17.1 Å². The lowest BCUT2D eigenvalue weighted by Gasteiger charge is -2.24. The molecule has 0 saturated carbocycles. The Labute approximate surface area is 128 Å². The van der Waals surface area contributed by atoms with Gasteiger partial charge < -0.3 is 10.0 Å². The van der Waals surface area contributed by atoms with Gasteiger partial charge in [0.15, 0.2) is 0 Å². The molecule has 0 spiro atoms. The Balaban J connectivity index is 1.97. The zero-order valence-corrected chi connectivity index (χ0v) is 12.7. The highest BCUT2D eigenvalue weighted by Crippen LogP contribution is 2.33. The predicted molar refractivity (Wildman–Crippen MR) is 81.3 cm³/mol. The van der Waals surface area contributed by atoms with Crippen LogP contribution in [0.15, 0.2) is 24.3 Å². The maximum atomic E-state index is 13.2. The Morgan fingerprint density at radius 2 is 2.14 bits per heavy atom. The van der Waals surface area contributed by atoms with Gasteiger partial charge in [0.1, 0.15) is 11.9 Å². The van der Waals surface area contributed by atoms with Gasteiger partial charge in [-0.3, -0.25) is 4.79 Å². The monoisotopic (exact) mass is 325 g/mol. The van der Waals surface area contributed by atoms with Gasteiger partial charge in [-0.25, -0.2) is 9.18 Å². The van der Waals surface area contributed by atoms with E-state index < -0.39 is 12.0 Å². The van der Waals surface area contributed by atoms with Crippen LogP contribution < -0.4 is 0 Å². The summed E-state index contributed by atoms with van der Waals surface area (Å²) < 4.78 is 14.0. The third-order valence-electron chi connectivity index (χ3n) is 3.43. The van der Waals surface area contributed by atoms with E-state index in [1.165, 1.54) is 40.1 Å². The van der Waals surface area contributed by atoms with Gasteiger partial charge in [0.2, 0.25) is 0 Å². The Bertz CT molecular complexity index is 730. The van der Waals surface area contributed by atoms with Crippen molar-refractivity contribution in [1.82, 2.24) is 4.90 Å². The Hall–Kier alpha value is -1.60. The second-order valence-electron chi connectivity index (χ2n) is 4.79. The first-order valence-electron chi connectivity index (χ1n) is 6.33. The summed E-state index contributed by atoms with van der Waals surface area (Å²) in [5.41, 5.74) is 0. The Morgan fingerprint density at radius 1 is 1.38 bits per heavy atom. The second-order valence-corrected chi connectivity index (χ2v) is 7.22. The van der Waals surface area contributed by atoms with E-state index in [1.807, 2.05) is 6.92 Å². The van der Waals surface area contributed by atoms with Crippen molar-refractivity contribution in [1.29, 1.82) is 0 Å². The number of thioether (sulfide) groups is 1. The summed E-state index contributed by atoms with van der Waals surface area (Å²) >= 11 is 2.70. The summed E-state index contributed by atoms with van der Waals surface area (Å²) in [6, 6.07) is 5.17. The van der Waals surface area contributed by atoms with Crippen LogP contribution in [-0.4, -0.2) is 39.1 Å². The number of carbonyl (C=O) groups excluding carboxylic acids is 1. The third kappa shape index (κ3) is 2.51. The Morgan fingerprint density at radius 3 is 2.86 bits per heavy atom. The van der Waals surface area contributed by atoms with Crippen molar-refractivity contribution >= 4 is 45.1 Å². The first-order valence-corrected chi connectivity index (χ1v) is 8.20. The van der Waals surface area contributed by atoms with Crippen molar-refractivity contribution < 1.29 is 19.1 Å². The van der Waals surface area contributed by atoms with Gasteiger partial charge in [-0.15, -0.1) is 23.1 Å². The SMILES string of the molecule is CC1SCC(C(=O)O)N1C(=O)c1cc2cc(F)ccc2s1. The van der Waals surface area contributed by atoms with Crippen molar-refractivity contribution in [2.45, 2.75) is 18.3 Å². The summed E-state index contributed by atoms with van der Waals surface area (Å²) in [7, 11) is 0. The standard InChI is InChI=1S/C14H12FNO3S2/c1-7-16(10(6-20-7)14(18)19)13(17)12-5-8-4-9(15)2-3-11(8)21-12/h2-5,7,10H,6H2,1H3,(H,18,19). The molecular formula is C14H12FNO3S2. The highest BCUT2D eigenvalue weighted by Gasteiger charge is 2.40. The molecule has 110 valence electrons. The normalized spacial score (nSPS) is 21.9. The summed E-state index contributed by atoms with van der Waals surface area (Å²) in [5.74, 6) is -1.26. The maximum Gasteiger partial charge on any atom is 0.327 e. The molecule has 1 amide bonds. The minimum atomic E-state index is -0.993. The van der Waals surface area contributed by atoms with E-state index >= 15 is 0 Å². The number of hydrogen-bond acceptors (Lipinski definition) is 4. The molecule has 1 aromatic heterocycles. The minimum absolute atomic E-state index is 0.180. The predicted octanol–water partition coefficient (Wildman–Crippen LogP) is 3.03. The van der Waals surface area contributed by atoms with Crippen molar-refractivity contribution in [2.24, 2.45) is 0 Å². The average molecular weight is 325 g/mol. The van der Waals surface area contributed by atoms with Crippen molar-refractivity contribution in [3.8, 4) is 0 Å². The molecule has 7 heteroatoms. The summed E-state index contributed by atoms with van der Waals surface area (Å²) in [4.78, 5) is 25.7. The number of aliphatic carboxylic acids is 1. The van der Waals surface area contributed by atoms with Crippen LogP contribution in [0.2, 0.25) is 0 Å². The molecule has 0 aliphatic carbocycles. The fourth-order valence-corrected chi connectivity index (χ4v) is 4.54. The number of rotatable bonds is 2. The van der Waals surface area contributed by atoms with E-state index in [0.29, 0.717) is 16.0 Å². The molecule has 1 N–H and O–H groups in total. The molecule has 0 radical (unpaired) electrons. The van der Waals surface area contributed by atoms with Crippen LogP contribution in [0.25, 0.3) is 10.1 Å². The number of carboxylic acids is 1. The lowest BCUT2D eigenvalue weighted by atomic mass is 10.2. The van der Waals surface area contributed by atoms with Gasteiger partial charge in [-0.1, -0.05) is 0 Å². The van der Waals surface area contributed by atoms with Crippen LogP contribution in [0.4, 0.5) is 4.39 Å². The number of benzene rings is 1. The minimum Gasteiger partial charge on any atom is -0.480 e. The van der Waals surface area contributed by atoms with Crippen LogP contribution in [0.5, 0.6) is 0 Å². The first kappa shape index (κ1) is 14.3. The topological polar surface area (TPSA) is 57.6 Å². The number of halogens is 1. The first-order chi connectivity index (χ1) is 9.97. The number of fused-ring (bicyclic) bond motifs is 1. The number of thiophene rings is 1. The fourth-order valence-electron chi connectivity index (χ4n) is 2.39. The van der Waals surface area contributed by atoms with E-state index in [4.69, 9.17) is 0 Å². The molecule has 1 aromatic carbocycles. The van der Waals surface area contributed by atoms with Crippen LogP contribution >= 0.6 is 23.1 Å². The molecule has 2 heterocycles. The van der Waals surface area contributed by atoms with E-state index in [9.17, 15) is 19.1 Å². The molecular weight excluding hydrogens is 313 g/mol. The molecule has 1 fully saturated rings. The molecule has 2 unspecified atom stereocenters. The van der Waals surface area contributed by atoms with Crippen molar-refractivity contribution in [2.75, 3.05) is 5.75 Å². The number of carboxylic acid groups (broad SMARTS) is 1. The van der Waals surface area contributed by atoms with Gasteiger partial charge in [-0.05, 0) is 36.6 Å². The summed E-state index contributed by atoms with van der Waals surface area (Å²) in [6.07, 6.45) is 0. The quantitative estimate of drug-likeness (QED) is 0.922. The molecule has 1 saturated heterocycles. The number of amides is 1. The molecule has 1 aliphatic rings. The molecule has 4 nitrogen and oxygen atoms in total. The number of hydrogen-bond donors (Lipinski definition) is 1. The lowest BCUT2D eigenvalue weighted by Crippen LogP contribution is -2.44. The smallest absolute Gasteiger partial charge is 0.327 e. The molecule has 0 bridgehead atoms. The highest BCUT2D eigenvalue weighted by molar-refractivity contribution is 8.00. The Kier molecular flexibility index (Phi) is 3.62. The van der Waals surface area contributed by atoms with Crippen molar-refractivity contribution in [3.05, 3.63) is 35.0 Å². The van der Waals surface area contributed by atoms with E-state index in [0.717, 1.165) is 4.70 Å². The van der Waals surface area contributed by atoms with Gasteiger partial charge in [-0.2, -0.15) is 0 Å². The van der Waals surface area contributed by atoms with Crippen LogP contribution in [0.3, 0.4) is 0 Å². The van der Waals surface area contributed by atoms with Crippen LogP contribution in [-0.2, 0) is 4.79 Å². The lowest BCUT2D eigenvalue weighted by molar-refractivity contribution is -0.141. The van der Waals surface area contributed by atoms with Crippen LogP contribution in [0, 0.1) is 5.82 Å². The van der Waals surface area contributed by atoms with E-state index in [2.05, 4.69) is 0 Å². The van der Waals surface area contributed by atoms with Gasteiger partial charge in [0.25, 0.3) is 5.91 Å². The summed E-state index contributed by atoms with van der Waals surface area (Å²) in [6.45, 7) is 1.82. The van der Waals surface area contributed by atoms with E-state index in [1.54, 1.807) is 12.1 Å². The van der Waals surface area contributed by atoms with Gasteiger partial charge in [0, 0.05) is 10.5 Å². The zero-order valence-electron chi connectivity index (χ0n) is 11.1. The number of carbonyl (C=O) groups is 2. The molecule has 2 aromatic rings. The fraction of sp³-hybridized carbons (Fsp3) is 0.286. The average Bonchev–Trinajstić information content (AvgIpc) is 3.00. The number of nitrogens with zero attached hydrogens (tertiary/aromatic N) is 1. The van der Waals surface area contributed by atoms with Crippen LogP contribution in [0.1, 0.15) is 16.6 Å². The molecule has 1 aliphatic heterocycles. The zero-order chi connectivity index (χ0) is 15.1. The summed E-state index contributed by atoms with van der Waals surface area (Å²) in [5, 5.41) is 9.70. The van der Waals surface area contributed by atoms with Gasteiger partial charge in [0.05, 0.1) is 10.3 Å². The third-order valence-corrected chi connectivity index (χ3v) is 5.75. The van der Waals surface area contributed by atoms with Gasteiger partial charge >= 0.3 is 5.97 Å². The highest BCUT2D eigenvalue weighted by atomic mass is 32.2. The van der Waals surface area contributed by atoms with Crippen molar-refractivity contribution in [3.63, 3.8) is 0 Å². The molecule has 3 rings (SSSR count). The maximum absolute atomic E-state index is 13.2.